The summed E-state index contributed by atoms with van der Waals surface area (Å²) in [6.07, 6.45) is 0.462. The number of nitrogens with zero attached hydrogens (tertiary/aromatic N) is 1. The van der Waals surface area contributed by atoms with Crippen LogP contribution in [0.1, 0.15) is 26.7 Å². The lowest BCUT2D eigenvalue weighted by atomic mass is 9.93. The normalized spacial score (nSPS) is 15.7. The van der Waals surface area contributed by atoms with Gasteiger partial charge in [-0.15, -0.1) is 0 Å². The van der Waals surface area contributed by atoms with Gasteiger partial charge in [-0.3, -0.25) is 9.59 Å². The van der Waals surface area contributed by atoms with Gasteiger partial charge in [0.1, 0.15) is 11.7 Å². The van der Waals surface area contributed by atoms with Crippen molar-refractivity contribution in [3.05, 3.63) is 0 Å². The maximum absolute atomic E-state index is 11.8. The molecule has 0 heterocycles. The first-order chi connectivity index (χ1) is 7.55. The second kappa shape index (κ2) is 6.36. The largest absolute Gasteiger partial charge is 0.481 e. The van der Waals surface area contributed by atoms with Crippen LogP contribution >= 0.6 is 11.6 Å². The summed E-state index contributed by atoms with van der Waals surface area (Å²) in [5.41, 5.74) is -0.382. The van der Waals surface area contributed by atoms with E-state index in [0.29, 0.717) is 4.48 Å². The summed E-state index contributed by atoms with van der Waals surface area (Å²) in [6.45, 7) is 3.80. The molecule has 0 saturated carbocycles. The molecule has 100 valence electrons. The minimum absolute atomic E-state index is 0.169. The molecule has 0 rings (SSSR count). The monoisotopic (exact) mass is 264 g/mol. The van der Waals surface area contributed by atoms with Gasteiger partial charge in [0, 0.05) is 12.8 Å². The molecule has 0 aromatic rings. The van der Waals surface area contributed by atoms with Gasteiger partial charge in [-0.1, -0.05) is 25.4 Å². The van der Waals surface area contributed by atoms with E-state index in [-0.39, 0.29) is 30.0 Å². The third kappa shape index (κ3) is 6.03. The number of Topliss-reactive ketones (excluding diaryl/α,β-unsaturated/α-hetero) is 1. The third-order valence-corrected chi connectivity index (χ3v) is 3.33. The molecule has 2 atom stereocenters. The molecular formula is C12H23ClNO3+. The molecule has 0 aliphatic rings. The number of carboxylic acids is 1. The van der Waals surface area contributed by atoms with Gasteiger partial charge in [-0.05, 0) is 5.92 Å². The van der Waals surface area contributed by atoms with Crippen LogP contribution in [0.2, 0.25) is 0 Å². The zero-order chi connectivity index (χ0) is 13.8. The summed E-state index contributed by atoms with van der Waals surface area (Å²) < 4.78 is 0.431. The van der Waals surface area contributed by atoms with Crippen LogP contribution in [0.3, 0.4) is 0 Å². The number of aliphatic carboxylic acids is 1. The quantitative estimate of drug-likeness (QED) is 0.331. The average Bonchev–Trinajstić information content (AvgIpc) is 2.09. The van der Waals surface area contributed by atoms with E-state index in [2.05, 4.69) is 0 Å². The van der Waals surface area contributed by atoms with Gasteiger partial charge >= 0.3 is 5.97 Å². The summed E-state index contributed by atoms with van der Waals surface area (Å²) >= 11 is 6.13. The van der Waals surface area contributed by atoms with Crippen molar-refractivity contribution in [1.82, 2.24) is 0 Å². The van der Waals surface area contributed by atoms with Crippen molar-refractivity contribution >= 4 is 23.4 Å². The Kier molecular flexibility index (Phi) is 6.13. The van der Waals surface area contributed by atoms with E-state index in [1.54, 1.807) is 0 Å². The Hall–Kier alpha value is -0.610. The maximum atomic E-state index is 11.8. The van der Waals surface area contributed by atoms with Crippen molar-refractivity contribution in [1.29, 1.82) is 0 Å². The second-order valence-electron chi connectivity index (χ2n) is 5.74. The lowest BCUT2D eigenvalue weighted by molar-refractivity contribution is -0.883. The number of carbonyl (C=O) groups excluding carboxylic acids is 1. The summed E-state index contributed by atoms with van der Waals surface area (Å²) in [4.78, 5) is 22.9. The van der Waals surface area contributed by atoms with Crippen molar-refractivity contribution in [3.8, 4) is 0 Å². The Morgan fingerprint density at radius 1 is 1.24 bits per heavy atom. The van der Waals surface area contributed by atoms with E-state index >= 15 is 0 Å². The van der Waals surface area contributed by atoms with Gasteiger partial charge in [-0.2, -0.15) is 0 Å². The number of carboxylic acid groups (broad SMARTS) is 1. The molecule has 0 aliphatic heterocycles. The lowest BCUT2D eigenvalue weighted by Crippen LogP contribution is -2.44. The van der Waals surface area contributed by atoms with Crippen LogP contribution in [0.4, 0.5) is 0 Å². The molecule has 0 unspecified atom stereocenters. The highest BCUT2D eigenvalue weighted by Crippen LogP contribution is 2.21. The minimum atomic E-state index is -1.07. The van der Waals surface area contributed by atoms with Gasteiger partial charge in [0.25, 0.3) is 0 Å². The first-order valence-electron chi connectivity index (χ1n) is 5.76. The highest BCUT2D eigenvalue weighted by Gasteiger charge is 2.33. The van der Waals surface area contributed by atoms with E-state index < -0.39 is 11.9 Å². The highest BCUT2D eigenvalue weighted by molar-refractivity contribution is 6.20. The summed E-state index contributed by atoms with van der Waals surface area (Å²) in [7, 11) is 5.64. The van der Waals surface area contributed by atoms with Crippen molar-refractivity contribution in [3.63, 3.8) is 0 Å². The molecule has 1 N–H and O–H groups in total. The van der Waals surface area contributed by atoms with E-state index in [1.807, 2.05) is 35.0 Å². The molecule has 0 aromatic heterocycles. The molecule has 0 fully saturated rings. The molecule has 17 heavy (non-hydrogen) atoms. The molecule has 0 aromatic carbocycles. The molecular weight excluding hydrogens is 242 g/mol. The predicted molar refractivity (Wildman–Crippen MR) is 67.9 cm³/mol. The Morgan fingerprint density at radius 2 is 1.71 bits per heavy atom. The Morgan fingerprint density at radius 3 is 2.00 bits per heavy atom. The van der Waals surface area contributed by atoms with E-state index in [9.17, 15) is 9.59 Å². The van der Waals surface area contributed by atoms with Crippen molar-refractivity contribution in [2.45, 2.75) is 32.2 Å². The molecule has 0 saturated heterocycles. The van der Waals surface area contributed by atoms with E-state index in [0.717, 1.165) is 0 Å². The minimum Gasteiger partial charge on any atom is -0.481 e. The molecule has 0 radical (unpaired) electrons. The highest BCUT2D eigenvalue weighted by atomic mass is 35.5. The fourth-order valence-corrected chi connectivity index (χ4v) is 1.60. The Bertz CT molecular complexity index is 284. The Labute approximate surface area is 108 Å². The van der Waals surface area contributed by atoms with Gasteiger partial charge in [-0.25, -0.2) is 0 Å². The van der Waals surface area contributed by atoms with Crippen LogP contribution in [-0.2, 0) is 9.59 Å². The lowest BCUT2D eigenvalue weighted by Gasteiger charge is -2.30. The fourth-order valence-electron chi connectivity index (χ4n) is 1.43. The number of alkyl halides is 1. The Balaban J connectivity index is 4.66. The van der Waals surface area contributed by atoms with Crippen LogP contribution in [0.5, 0.6) is 0 Å². The standard InChI is InChI=1S/C12H22ClNO3/c1-8(2)6-10(15)9(12(16)17)7-11(13)14(3,4)5/h8-9,11H,6-7H2,1-5H3/p+1/t9-,11-/m0/s1. The number of hydrogen-bond acceptors (Lipinski definition) is 2. The molecule has 0 amide bonds. The molecule has 0 spiro atoms. The van der Waals surface area contributed by atoms with Gasteiger partial charge in [0.05, 0.1) is 21.1 Å². The first kappa shape index (κ1) is 16.4. The number of carbonyl (C=O) groups is 2. The van der Waals surface area contributed by atoms with Crippen LogP contribution in [0.15, 0.2) is 0 Å². The topological polar surface area (TPSA) is 54.4 Å². The van der Waals surface area contributed by atoms with Gasteiger partial charge in [0.15, 0.2) is 5.50 Å². The number of quaternary nitrogens is 1. The SMILES string of the molecule is CC(C)CC(=O)[C@H](C[C@@H](Cl)[N+](C)(C)C)C(=O)O. The zero-order valence-corrected chi connectivity index (χ0v) is 12.0. The summed E-state index contributed by atoms with van der Waals surface area (Å²) in [5.74, 6) is -2.12. The maximum Gasteiger partial charge on any atom is 0.314 e. The number of halogens is 1. The molecule has 5 heteroatoms. The number of rotatable bonds is 7. The van der Waals surface area contributed by atoms with Crippen molar-refractivity contribution in [2.24, 2.45) is 11.8 Å². The second-order valence-corrected chi connectivity index (χ2v) is 6.25. The zero-order valence-electron chi connectivity index (χ0n) is 11.2. The fraction of sp³-hybridized carbons (Fsp3) is 0.833. The van der Waals surface area contributed by atoms with Crippen molar-refractivity contribution < 1.29 is 19.2 Å². The van der Waals surface area contributed by atoms with E-state index in [4.69, 9.17) is 16.7 Å². The average molecular weight is 265 g/mol. The van der Waals surface area contributed by atoms with Crippen LogP contribution in [0.25, 0.3) is 0 Å². The van der Waals surface area contributed by atoms with Crippen LogP contribution < -0.4 is 0 Å². The van der Waals surface area contributed by atoms with Crippen molar-refractivity contribution in [2.75, 3.05) is 21.1 Å². The first-order valence-corrected chi connectivity index (χ1v) is 6.20. The van der Waals surface area contributed by atoms with Gasteiger partial charge in [0.2, 0.25) is 0 Å². The molecule has 4 nitrogen and oxygen atoms in total. The summed E-state index contributed by atoms with van der Waals surface area (Å²) in [5, 5.41) is 9.08. The van der Waals surface area contributed by atoms with E-state index in [1.165, 1.54) is 0 Å². The number of hydrogen-bond donors (Lipinski definition) is 1. The third-order valence-electron chi connectivity index (χ3n) is 2.57. The van der Waals surface area contributed by atoms with Gasteiger partial charge < -0.3 is 9.59 Å². The molecule has 0 aliphatic carbocycles. The predicted octanol–water partition coefficient (Wildman–Crippen LogP) is 1.96. The van der Waals surface area contributed by atoms with Crippen LogP contribution in [0, 0.1) is 11.8 Å². The summed E-state index contributed by atoms with van der Waals surface area (Å²) in [6, 6.07) is 0. The number of ketones is 1. The smallest absolute Gasteiger partial charge is 0.314 e. The van der Waals surface area contributed by atoms with Crippen LogP contribution in [-0.4, -0.2) is 48.0 Å². The molecule has 0 bridgehead atoms.